The number of thiophene rings is 1. The summed E-state index contributed by atoms with van der Waals surface area (Å²) in [6.07, 6.45) is 1.87. The summed E-state index contributed by atoms with van der Waals surface area (Å²) >= 11 is 3.50. The number of ether oxygens (including phenoxy) is 2. The fraction of sp³-hybridized carbons (Fsp3) is 0.200. The Hall–Kier alpha value is -3.23. The van der Waals surface area contributed by atoms with E-state index in [4.69, 9.17) is 9.47 Å². The van der Waals surface area contributed by atoms with Crippen LogP contribution in [0.3, 0.4) is 0 Å². The molecule has 6 nitrogen and oxygen atoms in total. The van der Waals surface area contributed by atoms with Crippen LogP contribution in [-0.4, -0.2) is 42.2 Å². The maximum Gasteiger partial charge on any atom is 0.272 e. The average Bonchev–Trinajstić information content (AvgIpc) is 3.54. The van der Waals surface area contributed by atoms with E-state index >= 15 is 0 Å². The van der Waals surface area contributed by atoms with Crippen molar-refractivity contribution in [3.8, 4) is 28.3 Å². The minimum absolute atomic E-state index is 0.203. The second-order valence-corrected chi connectivity index (χ2v) is 9.07. The van der Waals surface area contributed by atoms with Gasteiger partial charge in [-0.15, -0.1) is 0 Å². The van der Waals surface area contributed by atoms with Gasteiger partial charge in [-0.2, -0.15) is 28.2 Å². The first-order valence-corrected chi connectivity index (χ1v) is 12.5. The highest BCUT2D eigenvalue weighted by molar-refractivity contribution is 7.98. The zero-order chi connectivity index (χ0) is 23.0. The van der Waals surface area contributed by atoms with E-state index in [1.807, 2.05) is 54.7 Å². The molecule has 1 amide bonds. The van der Waals surface area contributed by atoms with Crippen LogP contribution >= 0.6 is 23.1 Å². The van der Waals surface area contributed by atoms with Crippen molar-refractivity contribution in [2.24, 2.45) is 0 Å². The van der Waals surface area contributed by atoms with Gasteiger partial charge < -0.3 is 14.8 Å². The van der Waals surface area contributed by atoms with Crippen molar-refractivity contribution in [2.75, 3.05) is 26.5 Å². The van der Waals surface area contributed by atoms with E-state index in [0.717, 1.165) is 28.3 Å². The highest BCUT2D eigenvalue weighted by Gasteiger charge is 2.20. The monoisotopic (exact) mass is 479 g/mol. The molecule has 2 aromatic carbocycles. The molecule has 0 spiro atoms. The van der Waals surface area contributed by atoms with Crippen LogP contribution in [0.1, 0.15) is 16.1 Å². The van der Waals surface area contributed by atoms with Gasteiger partial charge in [-0.3, -0.25) is 4.79 Å². The lowest BCUT2D eigenvalue weighted by Gasteiger charge is -2.10. The number of hydrogen-bond donors (Lipinski definition) is 1. The van der Waals surface area contributed by atoms with Gasteiger partial charge in [0.1, 0.15) is 0 Å². The fourth-order valence-corrected chi connectivity index (χ4v) is 4.93. The quantitative estimate of drug-likeness (QED) is 0.314. The first kappa shape index (κ1) is 22.9. The Bertz CT molecular complexity index is 1190. The lowest BCUT2D eigenvalue weighted by Crippen LogP contribution is -2.26. The highest BCUT2D eigenvalue weighted by Crippen LogP contribution is 2.34. The Morgan fingerprint density at radius 3 is 2.64 bits per heavy atom. The van der Waals surface area contributed by atoms with Crippen LogP contribution in [0, 0.1) is 0 Å². The molecule has 4 rings (SSSR count). The number of nitrogens with one attached hydrogen (secondary N) is 1. The number of methoxy groups -OCH3 is 2. The van der Waals surface area contributed by atoms with Crippen LogP contribution in [0.2, 0.25) is 0 Å². The number of carbonyl (C=O) groups excluding carboxylic acids is 1. The molecule has 2 heterocycles. The van der Waals surface area contributed by atoms with Gasteiger partial charge in [-0.05, 0) is 52.2 Å². The second-order valence-electron chi connectivity index (χ2n) is 7.18. The first-order chi connectivity index (χ1) is 16.2. The number of rotatable bonds is 10. The maximum atomic E-state index is 13.1. The van der Waals surface area contributed by atoms with Gasteiger partial charge in [-0.25, -0.2) is 4.68 Å². The first-order valence-electron chi connectivity index (χ1n) is 10.4. The predicted molar refractivity (Wildman–Crippen MR) is 135 cm³/mol. The Kier molecular flexibility index (Phi) is 7.70. The molecular formula is C25H25N3O3S2. The molecule has 1 N–H and O–H groups in total. The van der Waals surface area contributed by atoms with Gasteiger partial charge in [0, 0.05) is 29.8 Å². The highest BCUT2D eigenvalue weighted by atomic mass is 32.2. The van der Waals surface area contributed by atoms with E-state index in [2.05, 4.69) is 27.2 Å². The zero-order valence-electron chi connectivity index (χ0n) is 18.5. The Morgan fingerprint density at radius 1 is 1.09 bits per heavy atom. The summed E-state index contributed by atoms with van der Waals surface area (Å²) in [4.78, 5) is 13.1. The number of hydrogen-bond acceptors (Lipinski definition) is 6. The van der Waals surface area contributed by atoms with E-state index in [0.29, 0.717) is 23.7 Å². The fourth-order valence-electron chi connectivity index (χ4n) is 3.35. The molecular weight excluding hydrogens is 454 g/mol. The van der Waals surface area contributed by atoms with Gasteiger partial charge in [0.2, 0.25) is 0 Å². The van der Waals surface area contributed by atoms with Crippen molar-refractivity contribution in [1.82, 2.24) is 15.1 Å². The maximum absolute atomic E-state index is 13.1. The largest absolute Gasteiger partial charge is 0.493 e. The van der Waals surface area contributed by atoms with Crippen molar-refractivity contribution in [3.05, 3.63) is 82.8 Å². The topological polar surface area (TPSA) is 65.4 Å². The standard InChI is InChI=1S/C25H25N3O3S2/c1-30-22-9-8-19(14-23(22)31-2)21-15-28(20-6-4-3-5-7-20)27-24(21)25(29)26-11-13-33-17-18-10-12-32-16-18/h3-10,12,14-16H,11,13,17H2,1-2H3,(H,26,29). The van der Waals surface area contributed by atoms with Crippen LogP contribution < -0.4 is 14.8 Å². The lowest BCUT2D eigenvalue weighted by atomic mass is 10.1. The van der Waals surface area contributed by atoms with Crippen LogP contribution in [0.4, 0.5) is 0 Å². The Morgan fingerprint density at radius 2 is 1.91 bits per heavy atom. The molecule has 170 valence electrons. The third-order valence-corrected chi connectivity index (χ3v) is 6.79. The molecule has 4 aromatic rings. The van der Waals surface area contributed by atoms with Crippen molar-refractivity contribution in [3.63, 3.8) is 0 Å². The van der Waals surface area contributed by atoms with Gasteiger partial charge in [0.25, 0.3) is 5.91 Å². The summed E-state index contributed by atoms with van der Waals surface area (Å²) < 4.78 is 12.5. The molecule has 0 radical (unpaired) electrons. The molecule has 0 unspecified atom stereocenters. The zero-order valence-corrected chi connectivity index (χ0v) is 20.1. The number of aromatic nitrogens is 2. The second kappa shape index (κ2) is 11.1. The third-order valence-electron chi connectivity index (χ3n) is 5.03. The molecule has 33 heavy (non-hydrogen) atoms. The number of thioether (sulfide) groups is 1. The molecule has 0 saturated heterocycles. The lowest BCUT2D eigenvalue weighted by molar-refractivity contribution is 0.0951. The third kappa shape index (κ3) is 5.58. The van der Waals surface area contributed by atoms with Crippen LogP contribution in [0.15, 0.2) is 71.6 Å². The van der Waals surface area contributed by atoms with Crippen LogP contribution in [-0.2, 0) is 5.75 Å². The Balaban J connectivity index is 1.55. The van der Waals surface area contributed by atoms with Crippen molar-refractivity contribution >= 4 is 29.0 Å². The molecule has 0 aliphatic carbocycles. The average molecular weight is 480 g/mol. The summed E-state index contributed by atoms with van der Waals surface area (Å²) in [5.41, 5.74) is 4.11. The normalized spacial score (nSPS) is 10.7. The summed E-state index contributed by atoms with van der Waals surface area (Å²) in [6.45, 7) is 0.567. The number of carbonyl (C=O) groups is 1. The predicted octanol–water partition coefficient (Wildman–Crippen LogP) is 5.28. The Labute approximate surface area is 201 Å². The molecule has 0 fully saturated rings. The van der Waals surface area contributed by atoms with Crippen molar-refractivity contribution in [1.29, 1.82) is 0 Å². The summed E-state index contributed by atoms with van der Waals surface area (Å²) in [5.74, 6) is 2.79. The number of amides is 1. The van der Waals surface area contributed by atoms with Gasteiger partial charge in [0.15, 0.2) is 17.2 Å². The molecule has 0 atom stereocenters. The molecule has 0 aliphatic rings. The SMILES string of the molecule is COc1ccc(-c2cn(-c3ccccc3)nc2C(=O)NCCSCc2ccsc2)cc1OC. The number of para-hydroxylation sites is 1. The van der Waals surface area contributed by atoms with Gasteiger partial charge in [-0.1, -0.05) is 24.3 Å². The molecule has 2 aromatic heterocycles. The summed E-state index contributed by atoms with van der Waals surface area (Å²) in [7, 11) is 3.19. The molecule has 0 bridgehead atoms. The molecule has 8 heteroatoms. The minimum Gasteiger partial charge on any atom is -0.493 e. The smallest absolute Gasteiger partial charge is 0.272 e. The summed E-state index contributed by atoms with van der Waals surface area (Å²) in [6, 6.07) is 17.5. The number of benzene rings is 2. The van der Waals surface area contributed by atoms with Gasteiger partial charge >= 0.3 is 0 Å². The van der Waals surface area contributed by atoms with E-state index in [9.17, 15) is 4.79 Å². The van der Waals surface area contributed by atoms with Crippen molar-refractivity contribution in [2.45, 2.75) is 5.75 Å². The van der Waals surface area contributed by atoms with Crippen molar-refractivity contribution < 1.29 is 14.3 Å². The van der Waals surface area contributed by atoms with Gasteiger partial charge in [0.05, 0.1) is 19.9 Å². The minimum atomic E-state index is -0.203. The molecule has 0 saturated carbocycles. The van der Waals surface area contributed by atoms with E-state index < -0.39 is 0 Å². The number of nitrogens with zero attached hydrogens (tertiary/aromatic N) is 2. The van der Waals surface area contributed by atoms with E-state index in [1.54, 1.807) is 42.0 Å². The van der Waals surface area contributed by atoms with E-state index in [-0.39, 0.29) is 5.91 Å². The van der Waals surface area contributed by atoms with Crippen LogP contribution in [0.25, 0.3) is 16.8 Å². The van der Waals surface area contributed by atoms with Crippen LogP contribution in [0.5, 0.6) is 11.5 Å². The molecule has 0 aliphatic heterocycles. The van der Waals surface area contributed by atoms with E-state index in [1.165, 1.54) is 5.56 Å². The summed E-state index contributed by atoms with van der Waals surface area (Å²) in [5, 5.41) is 11.9.